The van der Waals surface area contributed by atoms with Gasteiger partial charge in [0.2, 0.25) is 0 Å². The van der Waals surface area contributed by atoms with Crippen LogP contribution in [0.5, 0.6) is 0 Å². The Bertz CT molecular complexity index is 321. The molecule has 1 heterocycles. The first-order valence-electron chi connectivity index (χ1n) is 5.85. The lowest BCUT2D eigenvalue weighted by Crippen LogP contribution is -2.21. The zero-order chi connectivity index (χ0) is 11.4. The van der Waals surface area contributed by atoms with Crippen LogP contribution in [-0.2, 0) is 17.8 Å². The Morgan fingerprint density at radius 1 is 1.50 bits per heavy atom. The molecule has 1 fully saturated rings. The minimum absolute atomic E-state index is 0.254. The summed E-state index contributed by atoms with van der Waals surface area (Å²) in [7, 11) is 0. The van der Waals surface area contributed by atoms with Gasteiger partial charge in [0, 0.05) is 6.04 Å². The summed E-state index contributed by atoms with van der Waals surface area (Å²) in [6, 6.07) is 0.678. The Kier molecular flexibility index (Phi) is 3.84. The van der Waals surface area contributed by atoms with Crippen LogP contribution in [0.15, 0.2) is 0 Å². The summed E-state index contributed by atoms with van der Waals surface area (Å²) in [5, 5.41) is 15.0. The lowest BCUT2D eigenvalue weighted by Gasteiger charge is -2.08. The smallest absolute Gasteiger partial charge is 0.165 e. The van der Waals surface area contributed by atoms with E-state index in [9.17, 15) is 0 Å². The molecule has 0 radical (unpaired) electrons. The summed E-state index contributed by atoms with van der Waals surface area (Å²) in [5.74, 6) is 0.888. The molecular formula is C10H19N5O. The van der Waals surface area contributed by atoms with Gasteiger partial charge in [-0.1, -0.05) is 0 Å². The summed E-state index contributed by atoms with van der Waals surface area (Å²) in [6.45, 7) is 6.16. The van der Waals surface area contributed by atoms with E-state index in [2.05, 4.69) is 20.8 Å². The van der Waals surface area contributed by atoms with Gasteiger partial charge in [-0.15, -0.1) is 5.10 Å². The van der Waals surface area contributed by atoms with E-state index in [-0.39, 0.29) is 6.10 Å². The van der Waals surface area contributed by atoms with Crippen LogP contribution in [0.3, 0.4) is 0 Å². The van der Waals surface area contributed by atoms with Crippen molar-refractivity contribution in [3.63, 3.8) is 0 Å². The Morgan fingerprint density at radius 2 is 2.31 bits per heavy atom. The molecule has 1 aromatic heterocycles. The monoisotopic (exact) mass is 225 g/mol. The number of ether oxygens (including phenoxy) is 1. The predicted molar refractivity (Wildman–Crippen MR) is 58.8 cm³/mol. The molecule has 2 rings (SSSR count). The zero-order valence-electron chi connectivity index (χ0n) is 9.89. The fraction of sp³-hybridized carbons (Fsp3) is 0.900. The van der Waals surface area contributed by atoms with Crippen molar-refractivity contribution in [1.29, 1.82) is 0 Å². The normalized spacial score (nSPS) is 15.9. The van der Waals surface area contributed by atoms with Gasteiger partial charge in [0.05, 0.1) is 25.8 Å². The van der Waals surface area contributed by atoms with E-state index in [1.54, 1.807) is 4.68 Å². The molecule has 1 aliphatic rings. The molecule has 0 amide bonds. The van der Waals surface area contributed by atoms with Crippen LogP contribution in [0, 0.1) is 0 Å². The molecule has 0 spiro atoms. The third-order valence-corrected chi connectivity index (χ3v) is 2.49. The number of hydrogen-bond donors (Lipinski definition) is 1. The first-order chi connectivity index (χ1) is 7.75. The van der Waals surface area contributed by atoms with Crippen LogP contribution < -0.4 is 5.32 Å². The van der Waals surface area contributed by atoms with Crippen molar-refractivity contribution in [1.82, 2.24) is 25.5 Å². The maximum Gasteiger partial charge on any atom is 0.165 e. The van der Waals surface area contributed by atoms with Gasteiger partial charge in [-0.2, -0.15) is 0 Å². The fourth-order valence-electron chi connectivity index (χ4n) is 1.42. The molecule has 6 heteroatoms. The van der Waals surface area contributed by atoms with Crippen molar-refractivity contribution in [3.05, 3.63) is 5.82 Å². The molecule has 0 unspecified atom stereocenters. The lowest BCUT2D eigenvalue weighted by molar-refractivity contribution is 0.0701. The van der Waals surface area contributed by atoms with Crippen LogP contribution in [0.4, 0.5) is 0 Å². The molecule has 0 aromatic carbocycles. The van der Waals surface area contributed by atoms with E-state index in [0.717, 1.165) is 12.4 Å². The highest BCUT2D eigenvalue weighted by atomic mass is 16.5. The molecule has 0 atom stereocenters. The molecule has 1 N–H and O–H groups in total. The second kappa shape index (κ2) is 5.36. The molecule has 16 heavy (non-hydrogen) atoms. The van der Waals surface area contributed by atoms with Crippen LogP contribution in [0.1, 0.15) is 32.5 Å². The number of tetrazole rings is 1. The lowest BCUT2D eigenvalue weighted by atomic mass is 10.5. The molecule has 1 saturated carbocycles. The molecule has 0 saturated heterocycles. The van der Waals surface area contributed by atoms with Gasteiger partial charge in [0.1, 0.15) is 0 Å². The van der Waals surface area contributed by atoms with Crippen molar-refractivity contribution >= 4 is 0 Å². The SMILES string of the molecule is CC(C)OCCn1nnnc1CNC1CC1. The third-order valence-electron chi connectivity index (χ3n) is 2.49. The van der Waals surface area contributed by atoms with E-state index >= 15 is 0 Å². The summed E-state index contributed by atoms with van der Waals surface area (Å²) in [5.41, 5.74) is 0. The summed E-state index contributed by atoms with van der Waals surface area (Å²) in [6.07, 6.45) is 2.81. The highest BCUT2D eigenvalue weighted by Gasteiger charge is 2.21. The summed E-state index contributed by atoms with van der Waals surface area (Å²) < 4.78 is 7.27. The first-order valence-corrected chi connectivity index (χ1v) is 5.85. The van der Waals surface area contributed by atoms with Gasteiger partial charge in [-0.3, -0.25) is 0 Å². The highest BCUT2D eigenvalue weighted by Crippen LogP contribution is 2.18. The predicted octanol–water partition coefficient (Wildman–Crippen LogP) is 0.350. The summed E-state index contributed by atoms with van der Waals surface area (Å²) in [4.78, 5) is 0. The minimum atomic E-state index is 0.254. The van der Waals surface area contributed by atoms with Crippen molar-refractivity contribution in [2.45, 2.75) is 51.9 Å². The standard InChI is InChI=1S/C10H19N5O/c1-8(2)16-6-5-15-10(12-13-14-15)7-11-9-3-4-9/h8-9,11H,3-7H2,1-2H3. The largest absolute Gasteiger partial charge is 0.377 e. The second-order valence-corrected chi connectivity index (χ2v) is 4.39. The minimum Gasteiger partial charge on any atom is -0.377 e. The zero-order valence-corrected chi connectivity index (χ0v) is 9.89. The first kappa shape index (κ1) is 11.5. The molecule has 0 aliphatic heterocycles. The van der Waals surface area contributed by atoms with Gasteiger partial charge in [-0.05, 0) is 37.1 Å². The molecule has 1 aliphatic carbocycles. The fourth-order valence-corrected chi connectivity index (χ4v) is 1.42. The van der Waals surface area contributed by atoms with Crippen molar-refractivity contribution in [2.24, 2.45) is 0 Å². The molecule has 6 nitrogen and oxygen atoms in total. The van der Waals surface area contributed by atoms with Gasteiger partial charge in [0.25, 0.3) is 0 Å². The third kappa shape index (κ3) is 3.53. The number of hydrogen-bond acceptors (Lipinski definition) is 5. The molecule has 0 bridgehead atoms. The van der Waals surface area contributed by atoms with E-state index in [1.165, 1.54) is 12.8 Å². The quantitative estimate of drug-likeness (QED) is 0.725. The number of aromatic nitrogens is 4. The van der Waals surface area contributed by atoms with Crippen LogP contribution in [-0.4, -0.2) is 39.0 Å². The van der Waals surface area contributed by atoms with Gasteiger partial charge < -0.3 is 10.1 Å². The average molecular weight is 225 g/mol. The number of rotatable bonds is 7. The Morgan fingerprint density at radius 3 is 3.00 bits per heavy atom. The van der Waals surface area contributed by atoms with Gasteiger partial charge in [-0.25, -0.2) is 4.68 Å². The molecule has 90 valence electrons. The topological polar surface area (TPSA) is 64.9 Å². The van der Waals surface area contributed by atoms with Crippen molar-refractivity contribution in [3.8, 4) is 0 Å². The van der Waals surface area contributed by atoms with E-state index < -0.39 is 0 Å². The second-order valence-electron chi connectivity index (χ2n) is 4.39. The van der Waals surface area contributed by atoms with Crippen molar-refractivity contribution < 1.29 is 4.74 Å². The van der Waals surface area contributed by atoms with Crippen molar-refractivity contribution in [2.75, 3.05) is 6.61 Å². The van der Waals surface area contributed by atoms with E-state index in [4.69, 9.17) is 4.74 Å². The maximum atomic E-state index is 5.47. The van der Waals surface area contributed by atoms with E-state index in [0.29, 0.717) is 19.2 Å². The average Bonchev–Trinajstić information content (AvgIpc) is 2.96. The number of nitrogens with one attached hydrogen (secondary N) is 1. The maximum absolute atomic E-state index is 5.47. The molecule has 1 aromatic rings. The van der Waals surface area contributed by atoms with Crippen LogP contribution in [0.25, 0.3) is 0 Å². The van der Waals surface area contributed by atoms with E-state index in [1.807, 2.05) is 13.8 Å². The number of nitrogens with zero attached hydrogens (tertiary/aromatic N) is 4. The Labute approximate surface area is 95.4 Å². The molecular weight excluding hydrogens is 206 g/mol. The van der Waals surface area contributed by atoms with Gasteiger partial charge >= 0.3 is 0 Å². The van der Waals surface area contributed by atoms with Crippen LogP contribution in [0.2, 0.25) is 0 Å². The summed E-state index contributed by atoms with van der Waals surface area (Å²) >= 11 is 0. The highest BCUT2D eigenvalue weighted by molar-refractivity contribution is 4.86. The van der Waals surface area contributed by atoms with Crippen LogP contribution >= 0.6 is 0 Å². The Balaban J connectivity index is 1.76. The van der Waals surface area contributed by atoms with Gasteiger partial charge in [0.15, 0.2) is 5.82 Å². The Hall–Kier alpha value is -1.01.